The van der Waals surface area contributed by atoms with Crippen molar-refractivity contribution < 1.29 is 37.6 Å². The predicted molar refractivity (Wildman–Crippen MR) is 234 cm³/mol. The maximum absolute atomic E-state index is 12.6. The van der Waals surface area contributed by atoms with Gasteiger partial charge in [0.2, 0.25) is 0 Å². The Hall–Kier alpha value is -1.77. The number of nitrogens with two attached hydrogens (primary N) is 1. The summed E-state index contributed by atoms with van der Waals surface area (Å²) in [6.07, 6.45) is 47.5. The minimum atomic E-state index is -4.38. The van der Waals surface area contributed by atoms with Gasteiger partial charge in [-0.2, -0.15) is 0 Å². The molecule has 328 valence electrons. The predicted octanol–water partition coefficient (Wildman–Crippen LogP) is 13.3. The summed E-state index contributed by atoms with van der Waals surface area (Å²) in [5.74, 6) is -0.841. The molecule has 0 bridgehead atoms. The highest BCUT2D eigenvalue weighted by atomic mass is 31.2. The van der Waals surface area contributed by atoms with Gasteiger partial charge < -0.3 is 20.1 Å². The van der Waals surface area contributed by atoms with Crippen LogP contribution in [0.3, 0.4) is 0 Å². The fourth-order valence-corrected chi connectivity index (χ4v) is 7.18. The third-order valence-corrected chi connectivity index (χ3v) is 10.8. The van der Waals surface area contributed by atoms with Crippen LogP contribution in [-0.4, -0.2) is 49.3 Å². The van der Waals surface area contributed by atoms with Crippen molar-refractivity contribution in [2.75, 3.05) is 26.4 Å². The Labute approximate surface area is 344 Å². The fourth-order valence-electron chi connectivity index (χ4n) is 6.41. The van der Waals surface area contributed by atoms with E-state index in [-0.39, 0.29) is 38.6 Å². The van der Waals surface area contributed by atoms with E-state index in [1.165, 1.54) is 109 Å². The number of carbonyl (C=O) groups excluding carboxylic acids is 2. The Morgan fingerprint density at radius 3 is 1.46 bits per heavy atom. The summed E-state index contributed by atoms with van der Waals surface area (Å²) in [5.41, 5.74) is 5.35. The minimum Gasteiger partial charge on any atom is -0.462 e. The van der Waals surface area contributed by atoms with Crippen molar-refractivity contribution in [2.45, 2.75) is 219 Å². The molecule has 0 saturated heterocycles. The number of esters is 2. The van der Waals surface area contributed by atoms with Crippen molar-refractivity contribution in [1.82, 2.24) is 0 Å². The highest BCUT2D eigenvalue weighted by Crippen LogP contribution is 2.43. The van der Waals surface area contributed by atoms with Crippen LogP contribution in [0.4, 0.5) is 0 Å². The van der Waals surface area contributed by atoms with Crippen LogP contribution in [0.25, 0.3) is 0 Å². The number of hydrogen-bond acceptors (Lipinski definition) is 8. The quantitative estimate of drug-likeness (QED) is 0.0267. The van der Waals surface area contributed by atoms with E-state index < -0.39 is 26.5 Å². The van der Waals surface area contributed by atoms with E-state index in [4.69, 9.17) is 24.3 Å². The molecular formula is C46H86NO8P. The van der Waals surface area contributed by atoms with E-state index in [1.54, 1.807) is 0 Å². The van der Waals surface area contributed by atoms with Crippen LogP contribution in [0.2, 0.25) is 0 Å². The second-order valence-corrected chi connectivity index (χ2v) is 16.7. The number of rotatable bonds is 43. The van der Waals surface area contributed by atoms with Gasteiger partial charge in [0.1, 0.15) is 6.61 Å². The Morgan fingerprint density at radius 2 is 0.982 bits per heavy atom. The standard InChI is InChI=1S/C46H86NO8P/c1-3-5-7-9-11-13-15-17-19-20-21-22-23-25-26-28-30-32-34-36-38-45(48)52-42-44(43-54-56(50,51)53-41-40-47)55-46(49)39-37-35-33-31-29-27-24-18-16-14-12-10-8-6-4-2/h6,8,12,14,18,24,44H,3-5,7,9-11,13,15-17,19-23,25-43,47H2,1-2H3,(H,50,51)/b8-6-,14-12-,24-18-. The van der Waals surface area contributed by atoms with Gasteiger partial charge in [0, 0.05) is 19.4 Å². The number of carbonyl (C=O) groups is 2. The van der Waals surface area contributed by atoms with E-state index in [9.17, 15) is 19.0 Å². The molecule has 0 aliphatic carbocycles. The van der Waals surface area contributed by atoms with Gasteiger partial charge in [-0.15, -0.1) is 0 Å². The van der Waals surface area contributed by atoms with Crippen LogP contribution in [0.15, 0.2) is 36.5 Å². The molecule has 0 aromatic carbocycles. The van der Waals surface area contributed by atoms with Crippen molar-refractivity contribution in [3.8, 4) is 0 Å². The summed E-state index contributed by atoms with van der Waals surface area (Å²) in [6, 6.07) is 0. The Kier molecular flexibility index (Phi) is 41.5. The second-order valence-electron chi connectivity index (χ2n) is 15.2. The SMILES string of the molecule is CC/C=C\C/C=C\C/C=C\CCCCCCCC(=O)OC(COC(=O)CCCCCCCCCCCCCCCCCCCCCC)COP(=O)(O)OCCN. The van der Waals surface area contributed by atoms with Crippen molar-refractivity contribution >= 4 is 19.8 Å². The average molecular weight is 812 g/mol. The first kappa shape index (κ1) is 54.2. The van der Waals surface area contributed by atoms with Gasteiger partial charge in [-0.25, -0.2) is 4.57 Å². The Morgan fingerprint density at radius 1 is 0.554 bits per heavy atom. The third kappa shape index (κ3) is 41.9. The largest absolute Gasteiger partial charge is 0.472 e. The van der Waals surface area contributed by atoms with E-state index in [0.29, 0.717) is 6.42 Å². The summed E-state index contributed by atoms with van der Waals surface area (Å²) in [6.45, 7) is 3.62. The van der Waals surface area contributed by atoms with Crippen molar-refractivity contribution in [3.05, 3.63) is 36.5 Å². The fraction of sp³-hybridized carbons (Fsp3) is 0.826. The normalized spacial score (nSPS) is 13.6. The first-order chi connectivity index (χ1) is 27.3. The Bertz CT molecular complexity index is 1020. The van der Waals surface area contributed by atoms with E-state index in [0.717, 1.165) is 70.6 Å². The number of ether oxygens (including phenoxy) is 2. The van der Waals surface area contributed by atoms with Crippen LogP contribution < -0.4 is 5.73 Å². The maximum atomic E-state index is 12.6. The van der Waals surface area contributed by atoms with Gasteiger partial charge in [-0.3, -0.25) is 18.6 Å². The molecule has 0 spiro atoms. The summed E-state index contributed by atoms with van der Waals surface area (Å²) in [5, 5.41) is 0. The van der Waals surface area contributed by atoms with Crippen LogP contribution in [0.1, 0.15) is 213 Å². The molecule has 0 aromatic rings. The van der Waals surface area contributed by atoms with Gasteiger partial charge in [0.25, 0.3) is 0 Å². The number of allylic oxidation sites excluding steroid dienone is 6. The average Bonchev–Trinajstić information content (AvgIpc) is 3.18. The highest BCUT2D eigenvalue weighted by Gasteiger charge is 2.26. The minimum absolute atomic E-state index is 0.0508. The molecule has 2 atom stereocenters. The lowest BCUT2D eigenvalue weighted by molar-refractivity contribution is -0.161. The monoisotopic (exact) mass is 812 g/mol. The van der Waals surface area contributed by atoms with E-state index in [2.05, 4.69) is 50.3 Å². The second kappa shape index (κ2) is 42.8. The molecule has 0 rings (SSSR count). The van der Waals surface area contributed by atoms with Crippen LogP contribution >= 0.6 is 7.82 Å². The first-order valence-electron chi connectivity index (χ1n) is 23.0. The summed E-state index contributed by atoms with van der Waals surface area (Å²) >= 11 is 0. The smallest absolute Gasteiger partial charge is 0.462 e. The molecule has 10 heteroatoms. The number of unbranched alkanes of at least 4 members (excludes halogenated alkanes) is 24. The lowest BCUT2D eigenvalue weighted by atomic mass is 10.0. The zero-order valence-corrected chi connectivity index (χ0v) is 37.0. The lowest BCUT2D eigenvalue weighted by Crippen LogP contribution is -2.29. The van der Waals surface area contributed by atoms with Crippen LogP contribution in [0.5, 0.6) is 0 Å². The number of phosphoric ester groups is 1. The van der Waals surface area contributed by atoms with Gasteiger partial charge >= 0.3 is 19.8 Å². The van der Waals surface area contributed by atoms with Crippen molar-refractivity contribution in [1.29, 1.82) is 0 Å². The summed E-state index contributed by atoms with van der Waals surface area (Å²) < 4.78 is 32.8. The zero-order chi connectivity index (χ0) is 41.1. The third-order valence-electron chi connectivity index (χ3n) is 9.79. The van der Waals surface area contributed by atoms with Crippen LogP contribution in [-0.2, 0) is 32.7 Å². The lowest BCUT2D eigenvalue weighted by Gasteiger charge is -2.19. The number of hydrogen-bond donors (Lipinski definition) is 2. The van der Waals surface area contributed by atoms with E-state index >= 15 is 0 Å². The molecule has 9 nitrogen and oxygen atoms in total. The topological polar surface area (TPSA) is 134 Å². The molecule has 0 radical (unpaired) electrons. The molecule has 56 heavy (non-hydrogen) atoms. The van der Waals surface area contributed by atoms with Gasteiger partial charge in [-0.05, 0) is 44.9 Å². The Balaban J connectivity index is 4.08. The molecule has 0 heterocycles. The van der Waals surface area contributed by atoms with Gasteiger partial charge in [-0.1, -0.05) is 192 Å². The molecule has 0 amide bonds. The molecule has 0 aliphatic rings. The van der Waals surface area contributed by atoms with E-state index in [1.807, 2.05) is 0 Å². The molecule has 2 unspecified atom stereocenters. The highest BCUT2D eigenvalue weighted by molar-refractivity contribution is 7.47. The number of phosphoric acid groups is 1. The zero-order valence-electron chi connectivity index (χ0n) is 36.1. The van der Waals surface area contributed by atoms with Gasteiger partial charge in [0.15, 0.2) is 6.10 Å². The first-order valence-corrected chi connectivity index (χ1v) is 24.5. The van der Waals surface area contributed by atoms with Crippen LogP contribution in [0, 0.1) is 0 Å². The molecule has 0 aliphatic heterocycles. The maximum Gasteiger partial charge on any atom is 0.472 e. The summed E-state index contributed by atoms with van der Waals surface area (Å²) in [4.78, 5) is 34.9. The molecule has 3 N–H and O–H groups in total. The molecule has 0 fully saturated rings. The van der Waals surface area contributed by atoms with Crippen molar-refractivity contribution in [3.63, 3.8) is 0 Å². The summed E-state index contributed by atoms with van der Waals surface area (Å²) in [7, 11) is -4.38. The molecular weight excluding hydrogens is 725 g/mol. The molecule has 0 aromatic heterocycles. The van der Waals surface area contributed by atoms with Gasteiger partial charge in [0.05, 0.1) is 13.2 Å². The molecule has 0 saturated carbocycles. The van der Waals surface area contributed by atoms with Crippen molar-refractivity contribution in [2.24, 2.45) is 5.73 Å².